The van der Waals surface area contributed by atoms with Crippen LogP contribution < -0.4 is 0 Å². The molecule has 0 radical (unpaired) electrons. The van der Waals surface area contributed by atoms with Crippen molar-refractivity contribution in [2.75, 3.05) is 0 Å². The molecule has 4 heteroatoms. The van der Waals surface area contributed by atoms with E-state index in [1.807, 2.05) is 60.7 Å². The fraction of sp³-hybridized carbons (Fsp3) is 0.364. The maximum absolute atomic E-state index is 11.2. The molecule has 0 bridgehead atoms. The lowest BCUT2D eigenvalue weighted by Gasteiger charge is -2.18. The molecular weight excluding hydrogens is 328 g/mol. The fourth-order valence-corrected chi connectivity index (χ4v) is 3.43. The number of aliphatic carboxylic acids is 2. The molecule has 0 aromatic heterocycles. The maximum atomic E-state index is 11.2. The Hall–Kier alpha value is -2.62. The quantitative estimate of drug-likeness (QED) is 0.553. The average Bonchev–Trinajstić information content (AvgIpc) is 2.64. The first kappa shape index (κ1) is 19.7. The first-order valence-electron chi connectivity index (χ1n) is 9.09. The summed E-state index contributed by atoms with van der Waals surface area (Å²) >= 11 is 0. The number of hydrogen-bond acceptors (Lipinski definition) is 2. The van der Waals surface area contributed by atoms with Crippen molar-refractivity contribution in [3.63, 3.8) is 0 Å². The Balaban J connectivity index is 1.91. The van der Waals surface area contributed by atoms with E-state index in [0.29, 0.717) is 0 Å². The monoisotopic (exact) mass is 354 g/mol. The molecule has 0 amide bonds. The topological polar surface area (TPSA) is 74.6 Å². The van der Waals surface area contributed by atoms with Crippen LogP contribution in [0.4, 0.5) is 0 Å². The predicted octanol–water partition coefficient (Wildman–Crippen LogP) is 5.06. The highest BCUT2D eigenvalue weighted by Crippen LogP contribution is 2.29. The number of hydrogen-bond donors (Lipinski definition) is 2. The highest BCUT2D eigenvalue weighted by atomic mass is 16.4. The van der Waals surface area contributed by atoms with Gasteiger partial charge in [0.05, 0.1) is 12.8 Å². The van der Waals surface area contributed by atoms with Gasteiger partial charge in [-0.15, -0.1) is 0 Å². The number of carboxylic acids is 2. The van der Waals surface area contributed by atoms with Crippen LogP contribution in [0.15, 0.2) is 60.7 Å². The summed E-state index contributed by atoms with van der Waals surface area (Å²) in [5, 5.41) is 18.3. The van der Waals surface area contributed by atoms with Crippen LogP contribution in [0.2, 0.25) is 0 Å². The van der Waals surface area contributed by atoms with Crippen LogP contribution in [0.25, 0.3) is 0 Å². The van der Waals surface area contributed by atoms with Gasteiger partial charge in [-0.25, -0.2) is 0 Å². The van der Waals surface area contributed by atoms with Gasteiger partial charge < -0.3 is 10.2 Å². The summed E-state index contributed by atoms with van der Waals surface area (Å²) in [7, 11) is 0. The lowest BCUT2D eigenvalue weighted by Crippen LogP contribution is -2.08. The minimum atomic E-state index is -0.785. The highest BCUT2D eigenvalue weighted by molar-refractivity contribution is 5.68. The zero-order chi connectivity index (χ0) is 18.8. The largest absolute Gasteiger partial charge is 0.481 e. The molecular formula is C22H26O4. The summed E-state index contributed by atoms with van der Waals surface area (Å²) < 4.78 is 0. The first-order valence-corrected chi connectivity index (χ1v) is 9.09. The van der Waals surface area contributed by atoms with E-state index >= 15 is 0 Å². The number of carboxylic acid groups (broad SMARTS) is 2. The summed E-state index contributed by atoms with van der Waals surface area (Å²) in [4.78, 5) is 22.3. The van der Waals surface area contributed by atoms with Gasteiger partial charge in [0.25, 0.3) is 0 Å². The number of carbonyl (C=O) groups is 2. The van der Waals surface area contributed by atoms with Gasteiger partial charge in [-0.3, -0.25) is 9.59 Å². The second-order valence-electron chi connectivity index (χ2n) is 6.70. The van der Waals surface area contributed by atoms with Crippen molar-refractivity contribution < 1.29 is 19.8 Å². The van der Waals surface area contributed by atoms with Gasteiger partial charge in [0.15, 0.2) is 0 Å². The Kier molecular flexibility index (Phi) is 7.87. The van der Waals surface area contributed by atoms with Crippen LogP contribution in [0.1, 0.15) is 61.5 Å². The van der Waals surface area contributed by atoms with Crippen LogP contribution in [0, 0.1) is 0 Å². The van der Waals surface area contributed by atoms with Crippen LogP contribution >= 0.6 is 0 Å². The summed E-state index contributed by atoms with van der Waals surface area (Å²) in [5.41, 5.74) is 2.11. The van der Waals surface area contributed by atoms with Crippen molar-refractivity contribution >= 4 is 11.9 Å². The van der Waals surface area contributed by atoms with Crippen LogP contribution in [-0.2, 0) is 9.59 Å². The lowest BCUT2D eigenvalue weighted by atomic mass is 9.87. The molecule has 138 valence electrons. The SMILES string of the molecule is O=C(O)CC(CCCCC(CC(=O)O)c1ccccc1)c1ccccc1. The smallest absolute Gasteiger partial charge is 0.303 e. The molecule has 0 aliphatic rings. The second-order valence-corrected chi connectivity index (χ2v) is 6.70. The van der Waals surface area contributed by atoms with E-state index in [1.165, 1.54) is 0 Å². The second kappa shape index (κ2) is 10.4. The first-order chi connectivity index (χ1) is 12.6. The standard InChI is InChI=1S/C22H26O4/c23-21(24)15-19(17-9-3-1-4-10-17)13-7-8-14-20(16-22(25)26)18-11-5-2-6-12-18/h1-6,9-12,19-20H,7-8,13-16H2,(H,23,24)(H,25,26). The van der Waals surface area contributed by atoms with E-state index in [4.69, 9.17) is 0 Å². The third kappa shape index (κ3) is 6.71. The molecule has 0 spiro atoms. The van der Waals surface area contributed by atoms with Gasteiger partial charge in [-0.05, 0) is 35.8 Å². The van der Waals surface area contributed by atoms with Gasteiger partial charge in [0.1, 0.15) is 0 Å². The molecule has 2 rings (SSSR count). The Morgan fingerprint density at radius 3 is 1.31 bits per heavy atom. The van der Waals surface area contributed by atoms with E-state index in [-0.39, 0.29) is 24.7 Å². The van der Waals surface area contributed by atoms with Crippen LogP contribution in [-0.4, -0.2) is 22.2 Å². The van der Waals surface area contributed by atoms with E-state index in [1.54, 1.807) is 0 Å². The highest BCUT2D eigenvalue weighted by Gasteiger charge is 2.17. The van der Waals surface area contributed by atoms with Gasteiger partial charge in [0, 0.05) is 0 Å². The third-order valence-electron chi connectivity index (χ3n) is 4.74. The van der Waals surface area contributed by atoms with Crippen molar-refractivity contribution in [1.29, 1.82) is 0 Å². The molecule has 0 saturated carbocycles. The molecule has 4 nitrogen and oxygen atoms in total. The van der Waals surface area contributed by atoms with E-state index < -0.39 is 11.9 Å². The van der Waals surface area contributed by atoms with Gasteiger partial charge in [0.2, 0.25) is 0 Å². The third-order valence-corrected chi connectivity index (χ3v) is 4.74. The van der Waals surface area contributed by atoms with Crippen LogP contribution in [0.3, 0.4) is 0 Å². The molecule has 2 atom stereocenters. The Morgan fingerprint density at radius 1 is 0.654 bits per heavy atom. The predicted molar refractivity (Wildman–Crippen MR) is 101 cm³/mol. The number of benzene rings is 2. The van der Waals surface area contributed by atoms with Crippen molar-refractivity contribution in [3.8, 4) is 0 Å². The Morgan fingerprint density at radius 2 is 1.00 bits per heavy atom. The summed E-state index contributed by atoms with van der Waals surface area (Å²) in [6, 6.07) is 19.5. The normalized spacial score (nSPS) is 13.1. The van der Waals surface area contributed by atoms with Crippen LogP contribution in [0.5, 0.6) is 0 Å². The van der Waals surface area contributed by atoms with Gasteiger partial charge in [-0.1, -0.05) is 73.5 Å². The summed E-state index contributed by atoms with van der Waals surface area (Å²) in [5.74, 6) is -1.56. The molecule has 0 aliphatic carbocycles. The molecule has 0 heterocycles. The van der Waals surface area contributed by atoms with E-state index in [9.17, 15) is 19.8 Å². The zero-order valence-electron chi connectivity index (χ0n) is 14.9. The van der Waals surface area contributed by atoms with E-state index in [0.717, 1.165) is 36.8 Å². The summed E-state index contributed by atoms with van der Waals surface area (Å²) in [6.45, 7) is 0. The maximum Gasteiger partial charge on any atom is 0.303 e. The van der Waals surface area contributed by atoms with E-state index in [2.05, 4.69) is 0 Å². The van der Waals surface area contributed by atoms with Crippen molar-refractivity contribution in [2.24, 2.45) is 0 Å². The van der Waals surface area contributed by atoms with Crippen molar-refractivity contribution in [2.45, 2.75) is 50.4 Å². The van der Waals surface area contributed by atoms with Crippen molar-refractivity contribution in [3.05, 3.63) is 71.8 Å². The average molecular weight is 354 g/mol. The van der Waals surface area contributed by atoms with Crippen molar-refractivity contribution in [1.82, 2.24) is 0 Å². The molecule has 0 fully saturated rings. The fourth-order valence-electron chi connectivity index (χ4n) is 3.43. The molecule has 2 aromatic carbocycles. The molecule has 26 heavy (non-hydrogen) atoms. The number of unbranched alkanes of at least 4 members (excludes halogenated alkanes) is 1. The molecule has 2 aromatic rings. The number of rotatable bonds is 11. The van der Waals surface area contributed by atoms with Gasteiger partial charge in [-0.2, -0.15) is 0 Å². The molecule has 0 saturated heterocycles. The lowest BCUT2D eigenvalue weighted by molar-refractivity contribution is -0.138. The minimum Gasteiger partial charge on any atom is -0.481 e. The van der Waals surface area contributed by atoms with Gasteiger partial charge >= 0.3 is 11.9 Å². The molecule has 2 N–H and O–H groups in total. The Bertz CT molecular complexity index is 620. The minimum absolute atomic E-state index is 0.00310. The zero-order valence-corrected chi connectivity index (χ0v) is 14.9. The molecule has 0 aliphatic heterocycles. The summed E-state index contributed by atoms with van der Waals surface area (Å²) in [6.07, 6.45) is 3.61. The molecule has 2 unspecified atom stereocenters. The Labute approximate surface area is 154 Å².